The molecule has 3 aromatic rings. The Hall–Kier alpha value is -1.68. The maximum absolute atomic E-state index is 12.4. The highest BCUT2D eigenvalue weighted by molar-refractivity contribution is 14.1. The van der Waals surface area contributed by atoms with Crippen LogP contribution in [-0.4, -0.2) is 5.78 Å². The van der Waals surface area contributed by atoms with E-state index in [1.54, 1.807) is 0 Å². The minimum absolute atomic E-state index is 0.0714. The van der Waals surface area contributed by atoms with E-state index in [0.29, 0.717) is 0 Å². The number of carbonyl (C=O) groups is 1. The molecule has 0 fully saturated rings. The summed E-state index contributed by atoms with van der Waals surface area (Å²) < 4.78 is 1.13. The lowest BCUT2D eigenvalue weighted by molar-refractivity contribution is 0.103. The van der Waals surface area contributed by atoms with Crippen molar-refractivity contribution < 1.29 is 4.79 Å². The molecule has 19 heavy (non-hydrogen) atoms. The third-order valence-electron chi connectivity index (χ3n) is 3.12. The van der Waals surface area contributed by atoms with E-state index in [4.69, 9.17) is 0 Å². The van der Waals surface area contributed by atoms with E-state index >= 15 is 0 Å². The summed E-state index contributed by atoms with van der Waals surface area (Å²) in [7, 11) is 0. The molecule has 3 aromatic carbocycles. The maximum atomic E-state index is 12.4. The van der Waals surface area contributed by atoms with Gasteiger partial charge in [-0.25, -0.2) is 0 Å². The third-order valence-corrected chi connectivity index (χ3v) is 3.84. The lowest BCUT2D eigenvalue weighted by Gasteiger charge is -2.03. The molecule has 0 aliphatic carbocycles. The van der Waals surface area contributed by atoms with E-state index < -0.39 is 0 Å². The first-order chi connectivity index (χ1) is 9.24. The van der Waals surface area contributed by atoms with Crippen LogP contribution in [0.3, 0.4) is 0 Å². The summed E-state index contributed by atoms with van der Waals surface area (Å²) in [5, 5.41) is 2.25. The predicted molar refractivity (Wildman–Crippen MR) is 86.5 cm³/mol. The van der Waals surface area contributed by atoms with Gasteiger partial charge in [0.05, 0.1) is 0 Å². The lowest BCUT2D eigenvalue weighted by Crippen LogP contribution is -2.00. The number of rotatable bonds is 2. The average Bonchev–Trinajstić information content (AvgIpc) is 2.47. The van der Waals surface area contributed by atoms with Crippen molar-refractivity contribution >= 4 is 39.1 Å². The van der Waals surface area contributed by atoms with Gasteiger partial charge in [0.2, 0.25) is 0 Å². The van der Waals surface area contributed by atoms with Gasteiger partial charge in [-0.1, -0.05) is 36.4 Å². The predicted octanol–water partition coefficient (Wildman–Crippen LogP) is 4.68. The van der Waals surface area contributed by atoms with Crippen molar-refractivity contribution in [2.24, 2.45) is 0 Å². The highest BCUT2D eigenvalue weighted by Crippen LogP contribution is 2.18. The molecule has 0 saturated carbocycles. The number of fused-ring (bicyclic) bond motifs is 1. The second-order valence-electron chi connectivity index (χ2n) is 4.40. The summed E-state index contributed by atoms with van der Waals surface area (Å²) in [6.45, 7) is 0. The van der Waals surface area contributed by atoms with Gasteiger partial charge < -0.3 is 0 Å². The van der Waals surface area contributed by atoms with E-state index in [1.165, 1.54) is 0 Å². The number of carbonyl (C=O) groups excluding carboxylic acids is 1. The Morgan fingerprint density at radius 1 is 0.737 bits per heavy atom. The van der Waals surface area contributed by atoms with Crippen LogP contribution in [0.4, 0.5) is 0 Å². The van der Waals surface area contributed by atoms with Crippen molar-refractivity contribution in [1.29, 1.82) is 0 Å². The summed E-state index contributed by atoms with van der Waals surface area (Å²) in [5.74, 6) is 0.0714. The molecular weight excluding hydrogens is 347 g/mol. The zero-order valence-electron chi connectivity index (χ0n) is 10.1. The van der Waals surface area contributed by atoms with Gasteiger partial charge in [-0.05, 0) is 63.7 Å². The monoisotopic (exact) mass is 358 g/mol. The van der Waals surface area contributed by atoms with Crippen molar-refractivity contribution in [2.45, 2.75) is 0 Å². The van der Waals surface area contributed by atoms with Gasteiger partial charge in [0.25, 0.3) is 0 Å². The van der Waals surface area contributed by atoms with Crippen LogP contribution < -0.4 is 0 Å². The number of ketones is 1. The lowest BCUT2D eigenvalue weighted by atomic mass is 10.0. The molecule has 0 aliphatic heterocycles. The average molecular weight is 358 g/mol. The van der Waals surface area contributed by atoms with Crippen molar-refractivity contribution in [1.82, 2.24) is 0 Å². The number of benzene rings is 3. The van der Waals surface area contributed by atoms with Crippen molar-refractivity contribution in [3.63, 3.8) is 0 Å². The van der Waals surface area contributed by atoms with Crippen molar-refractivity contribution in [3.05, 3.63) is 81.4 Å². The Kier molecular flexibility index (Phi) is 3.34. The van der Waals surface area contributed by atoms with Crippen LogP contribution in [0.15, 0.2) is 66.7 Å². The topological polar surface area (TPSA) is 17.1 Å². The van der Waals surface area contributed by atoms with Crippen molar-refractivity contribution in [3.8, 4) is 0 Å². The summed E-state index contributed by atoms with van der Waals surface area (Å²) in [6.07, 6.45) is 0. The first kappa shape index (κ1) is 12.4. The molecule has 92 valence electrons. The molecule has 0 unspecified atom stereocenters. The maximum Gasteiger partial charge on any atom is 0.193 e. The van der Waals surface area contributed by atoms with E-state index in [1.807, 2.05) is 60.7 Å². The highest BCUT2D eigenvalue weighted by atomic mass is 127. The normalized spacial score (nSPS) is 10.6. The summed E-state index contributed by atoms with van der Waals surface area (Å²) >= 11 is 2.23. The number of hydrogen-bond donors (Lipinski definition) is 0. The SMILES string of the molecule is O=C(c1ccc(I)cc1)c1ccc2ccccc2c1. The first-order valence-corrected chi connectivity index (χ1v) is 7.11. The minimum atomic E-state index is 0.0714. The minimum Gasteiger partial charge on any atom is -0.289 e. The van der Waals surface area contributed by atoms with Crippen molar-refractivity contribution in [2.75, 3.05) is 0 Å². The smallest absolute Gasteiger partial charge is 0.193 e. The first-order valence-electron chi connectivity index (χ1n) is 6.03. The summed E-state index contributed by atoms with van der Waals surface area (Å²) in [5.41, 5.74) is 1.47. The number of halogens is 1. The van der Waals surface area contributed by atoms with Crippen LogP contribution in [0.2, 0.25) is 0 Å². The highest BCUT2D eigenvalue weighted by Gasteiger charge is 2.09. The quantitative estimate of drug-likeness (QED) is 0.480. The Bertz CT molecular complexity index is 745. The zero-order valence-corrected chi connectivity index (χ0v) is 12.3. The Balaban J connectivity index is 2.04. The molecule has 0 N–H and O–H groups in total. The molecule has 0 heterocycles. The van der Waals surface area contributed by atoms with Crippen LogP contribution in [0.1, 0.15) is 15.9 Å². The van der Waals surface area contributed by atoms with Crippen LogP contribution in [0.5, 0.6) is 0 Å². The van der Waals surface area contributed by atoms with Gasteiger partial charge in [0.15, 0.2) is 5.78 Å². The number of hydrogen-bond acceptors (Lipinski definition) is 1. The van der Waals surface area contributed by atoms with Crippen LogP contribution in [0, 0.1) is 3.57 Å². The molecule has 0 bridgehead atoms. The van der Waals surface area contributed by atoms with E-state index in [0.717, 1.165) is 25.5 Å². The van der Waals surface area contributed by atoms with Gasteiger partial charge >= 0.3 is 0 Å². The van der Waals surface area contributed by atoms with E-state index in [2.05, 4.69) is 28.7 Å². The van der Waals surface area contributed by atoms with Gasteiger partial charge in [-0.2, -0.15) is 0 Å². The summed E-state index contributed by atoms with van der Waals surface area (Å²) in [6, 6.07) is 21.6. The zero-order chi connectivity index (χ0) is 13.2. The third kappa shape index (κ3) is 2.54. The molecule has 3 rings (SSSR count). The molecule has 0 aliphatic rings. The largest absolute Gasteiger partial charge is 0.289 e. The fourth-order valence-electron chi connectivity index (χ4n) is 2.10. The molecule has 0 saturated heterocycles. The Morgan fingerprint density at radius 2 is 1.37 bits per heavy atom. The molecule has 0 aromatic heterocycles. The Morgan fingerprint density at radius 3 is 2.11 bits per heavy atom. The van der Waals surface area contributed by atoms with E-state index in [9.17, 15) is 4.79 Å². The van der Waals surface area contributed by atoms with Crippen LogP contribution >= 0.6 is 22.6 Å². The molecule has 0 amide bonds. The van der Waals surface area contributed by atoms with E-state index in [-0.39, 0.29) is 5.78 Å². The second kappa shape index (κ2) is 5.13. The molecule has 0 radical (unpaired) electrons. The molecule has 0 atom stereocenters. The molecule has 2 heteroatoms. The molecule has 0 spiro atoms. The second-order valence-corrected chi connectivity index (χ2v) is 5.64. The standard InChI is InChI=1S/C17H11IO/c18-16-9-7-13(8-10-16)17(19)15-6-5-12-3-1-2-4-14(12)11-15/h1-11H. The van der Waals surface area contributed by atoms with Gasteiger partial charge in [-0.15, -0.1) is 0 Å². The fraction of sp³-hybridized carbons (Fsp3) is 0. The molecule has 1 nitrogen and oxygen atoms in total. The summed E-state index contributed by atoms with van der Waals surface area (Å²) in [4.78, 5) is 12.4. The van der Waals surface area contributed by atoms with Gasteiger partial charge in [-0.3, -0.25) is 4.79 Å². The Labute approximate surface area is 125 Å². The van der Waals surface area contributed by atoms with Crippen LogP contribution in [-0.2, 0) is 0 Å². The van der Waals surface area contributed by atoms with Crippen LogP contribution in [0.25, 0.3) is 10.8 Å². The van der Waals surface area contributed by atoms with Gasteiger partial charge in [0, 0.05) is 14.7 Å². The van der Waals surface area contributed by atoms with Gasteiger partial charge in [0.1, 0.15) is 0 Å². The molecular formula is C17H11IO. The fourth-order valence-corrected chi connectivity index (χ4v) is 2.46.